The van der Waals surface area contributed by atoms with Crippen molar-refractivity contribution in [3.8, 4) is 11.5 Å². The van der Waals surface area contributed by atoms with Gasteiger partial charge in [0.25, 0.3) is 0 Å². The molecular weight excluding hydrogens is 421 g/mol. The largest absolute Gasteiger partial charge is 0.496 e. The SMILES string of the molecule is COc1ccc(/C=C/C(=O)c2cc(C)sc2C)cc1COc1cc(F)ccc1[N+](=O)[O-]. The summed E-state index contributed by atoms with van der Waals surface area (Å²) in [6, 6.07) is 10.1. The molecule has 3 rings (SSSR count). The molecule has 0 spiro atoms. The molecule has 8 heteroatoms. The van der Waals surface area contributed by atoms with E-state index in [2.05, 4.69) is 0 Å². The number of methoxy groups -OCH3 is 1. The minimum absolute atomic E-state index is 0.0775. The summed E-state index contributed by atoms with van der Waals surface area (Å²) in [4.78, 5) is 25.0. The van der Waals surface area contributed by atoms with Gasteiger partial charge in [-0.05, 0) is 49.8 Å². The molecule has 0 fully saturated rings. The van der Waals surface area contributed by atoms with Crippen molar-refractivity contribution in [3.63, 3.8) is 0 Å². The third-order valence-corrected chi connectivity index (χ3v) is 5.51. The molecule has 6 nitrogen and oxygen atoms in total. The van der Waals surface area contributed by atoms with Crippen LogP contribution in [0.1, 0.15) is 31.2 Å². The Labute approximate surface area is 182 Å². The fourth-order valence-corrected chi connectivity index (χ4v) is 3.99. The Balaban J connectivity index is 1.81. The molecule has 0 amide bonds. The summed E-state index contributed by atoms with van der Waals surface area (Å²) in [7, 11) is 1.49. The lowest BCUT2D eigenvalue weighted by atomic mass is 10.1. The molecule has 160 valence electrons. The fraction of sp³-hybridized carbons (Fsp3) is 0.174. The molecule has 0 radical (unpaired) electrons. The lowest BCUT2D eigenvalue weighted by Crippen LogP contribution is -2.02. The van der Waals surface area contributed by atoms with E-state index in [0.717, 1.165) is 33.5 Å². The second-order valence-electron chi connectivity index (χ2n) is 6.75. The van der Waals surface area contributed by atoms with E-state index in [1.807, 2.05) is 19.9 Å². The summed E-state index contributed by atoms with van der Waals surface area (Å²) in [5, 5.41) is 11.2. The number of carbonyl (C=O) groups excluding carboxylic acids is 1. The normalized spacial score (nSPS) is 11.0. The highest BCUT2D eigenvalue weighted by atomic mass is 32.1. The van der Waals surface area contributed by atoms with Gasteiger partial charge in [0.15, 0.2) is 11.5 Å². The molecule has 0 atom stereocenters. The van der Waals surface area contributed by atoms with Gasteiger partial charge in [-0.1, -0.05) is 12.1 Å². The average Bonchev–Trinajstić information content (AvgIpc) is 3.08. The van der Waals surface area contributed by atoms with E-state index in [0.29, 0.717) is 16.9 Å². The monoisotopic (exact) mass is 441 g/mol. The summed E-state index contributed by atoms with van der Waals surface area (Å²) in [5.74, 6) is -0.397. The maximum Gasteiger partial charge on any atom is 0.311 e. The zero-order valence-corrected chi connectivity index (χ0v) is 18.0. The predicted octanol–water partition coefficient (Wildman–Crippen LogP) is 5.90. The van der Waals surface area contributed by atoms with Gasteiger partial charge in [0.05, 0.1) is 12.0 Å². The number of halogens is 1. The van der Waals surface area contributed by atoms with Crippen LogP contribution >= 0.6 is 11.3 Å². The number of ketones is 1. The minimum atomic E-state index is -0.637. The lowest BCUT2D eigenvalue weighted by Gasteiger charge is -2.11. The van der Waals surface area contributed by atoms with Gasteiger partial charge in [0.1, 0.15) is 18.2 Å². The van der Waals surface area contributed by atoms with Crippen LogP contribution in [0.4, 0.5) is 10.1 Å². The highest BCUT2D eigenvalue weighted by Gasteiger charge is 2.17. The van der Waals surface area contributed by atoms with Gasteiger partial charge in [-0.25, -0.2) is 4.39 Å². The van der Waals surface area contributed by atoms with Crippen LogP contribution in [0, 0.1) is 29.8 Å². The van der Waals surface area contributed by atoms with Crippen molar-refractivity contribution >= 4 is 28.9 Å². The second-order valence-corrected chi connectivity index (χ2v) is 8.21. The quantitative estimate of drug-likeness (QED) is 0.188. The van der Waals surface area contributed by atoms with Crippen molar-refractivity contribution in [3.05, 3.63) is 90.9 Å². The maximum absolute atomic E-state index is 13.5. The van der Waals surface area contributed by atoms with E-state index in [9.17, 15) is 19.3 Å². The van der Waals surface area contributed by atoms with Gasteiger partial charge in [0.2, 0.25) is 0 Å². The number of benzene rings is 2. The minimum Gasteiger partial charge on any atom is -0.496 e. The highest BCUT2D eigenvalue weighted by molar-refractivity contribution is 7.12. The number of ether oxygens (including phenoxy) is 2. The summed E-state index contributed by atoms with van der Waals surface area (Å²) < 4.78 is 24.4. The van der Waals surface area contributed by atoms with Gasteiger partial charge in [-0.2, -0.15) is 0 Å². The van der Waals surface area contributed by atoms with Crippen LogP contribution in [0.25, 0.3) is 6.08 Å². The van der Waals surface area contributed by atoms with Gasteiger partial charge in [-0.15, -0.1) is 11.3 Å². The Morgan fingerprint density at radius 3 is 2.58 bits per heavy atom. The number of carbonyl (C=O) groups is 1. The van der Waals surface area contributed by atoms with E-state index < -0.39 is 10.7 Å². The van der Waals surface area contributed by atoms with Gasteiger partial charge >= 0.3 is 5.69 Å². The number of aryl methyl sites for hydroxylation is 2. The topological polar surface area (TPSA) is 78.7 Å². The maximum atomic E-state index is 13.5. The Morgan fingerprint density at radius 1 is 1.16 bits per heavy atom. The molecule has 31 heavy (non-hydrogen) atoms. The molecule has 0 unspecified atom stereocenters. The number of nitro benzene ring substituents is 1. The third kappa shape index (κ3) is 5.35. The van der Waals surface area contributed by atoms with Gasteiger partial charge < -0.3 is 9.47 Å². The Morgan fingerprint density at radius 2 is 1.94 bits per heavy atom. The van der Waals surface area contributed by atoms with Crippen LogP contribution in [0.15, 0.2) is 48.5 Å². The number of nitro groups is 1. The smallest absolute Gasteiger partial charge is 0.311 e. The number of allylic oxidation sites excluding steroid dienone is 1. The first-order chi connectivity index (χ1) is 14.8. The fourth-order valence-electron chi connectivity index (χ4n) is 3.06. The molecule has 0 saturated carbocycles. The first-order valence-corrected chi connectivity index (χ1v) is 10.1. The van der Waals surface area contributed by atoms with E-state index in [-0.39, 0.29) is 23.8 Å². The van der Waals surface area contributed by atoms with E-state index >= 15 is 0 Å². The first kappa shape index (κ1) is 22.2. The van der Waals surface area contributed by atoms with Crippen molar-refractivity contribution in [1.29, 1.82) is 0 Å². The van der Waals surface area contributed by atoms with Crippen molar-refractivity contribution < 1.29 is 23.6 Å². The average molecular weight is 441 g/mol. The summed E-state index contributed by atoms with van der Waals surface area (Å²) in [6.07, 6.45) is 3.18. The first-order valence-electron chi connectivity index (χ1n) is 9.31. The number of hydrogen-bond donors (Lipinski definition) is 0. The van der Waals surface area contributed by atoms with Crippen LogP contribution in [-0.4, -0.2) is 17.8 Å². The predicted molar refractivity (Wildman–Crippen MR) is 118 cm³/mol. The van der Waals surface area contributed by atoms with Crippen LogP contribution in [0.5, 0.6) is 11.5 Å². The highest BCUT2D eigenvalue weighted by Crippen LogP contribution is 2.30. The molecule has 2 aromatic carbocycles. The molecule has 3 aromatic rings. The molecule has 0 N–H and O–H groups in total. The van der Waals surface area contributed by atoms with Crippen molar-refractivity contribution in [1.82, 2.24) is 0 Å². The van der Waals surface area contributed by atoms with Crippen LogP contribution < -0.4 is 9.47 Å². The van der Waals surface area contributed by atoms with E-state index in [4.69, 9.17) is 9.47 Å². The molecule has 1 heterocycles. The van der Waals surface area contributed by atoms with E-state index in [1.165, 1.54) is 13.2 Å². The Bertz CT molecular complexity index is 1170. The zero-order valence-electron chi connectivity index (χ0n) is 17.2. The third-order valence-electron chi connectivity index (χ3n) is 4.54. The number of rotatable bonds is 8. The van der Waals surface area contributed by atoms with E-state index in [1.54, 1.807) is 35.6 Å². The molecular formula is C23H20FNO5S. The van der Waals surface area contributed by atoms with Gasteiger partial charge in [0, 0.05) is 33.0 Å². The number of nitrogens with zero attached hydrogens (tertiary/aromatic N) is 1. The number of thiophene rings is 1. The lowest BCUT2D eigenvalue weighted by molar-refractivity contribution is -0.386. The summed E-state index contributed by atoms with van der Waals surface area (Å²) in [6.45, 7) is 3.79. The second kappa shape index (κ2) is 9.53. The number of hydrogen-bond acceptors (Lipinski definition) is 6. The summed E-state index contributed by atoms with van der Waals surface area (Å²) in [5.41, 5.74) is 1.67. The Kier molecular flexibility index (Phi) is 6.81. The molecule has 0 aliphatic rings. The molecule has 0 saturated heterocycles. The van der Waals surface area contributed by atoms with Crippen LogP contribution in [0.2, 0.25) is 0 Å². The van der Waals surface area contributed by atoms with Crippen molar-refractivity contribution in [2.45, 2.75) is 20.5 Å². The summed E-state index contributed by atoms with van der Waals surface area (Å²) >= 11 is 1.57. The van der Waals surface area contributed by atoms with Crippen molar-refractivity contribution in [2.75, 3.05) is 7.11 Å². The molecule has 0 aliphatic carbocycles. The van der Waals surface area contributed by atoms with Crippen LogP contribution in [-0.2, 0) is 6.61 Å². The molecule has 1 aromatic heterocycles. The van der Waals surface area contributed by atoms with Crippen molar-refractivity contribution in [2.24, 2.45) is 0 Å². The standard InChI is InChI=1S/C23H20FNO5S/c1-14-10-19(15(2)31-14)21(26)8-4-16-5-9-22(29-3)17(11-16)13-30-23-12-18(24)6-7-20(23)25(27)28/h4-12H,13H2,1-3H3/b8-4+. The molecule has 0 aliphatic heterocycles. The Hall–Kier alpha value is -3.52. The molecule has 0 bridgehead atoms. The zero-order chi connectivity index (χ0) is 22.5. The van der Waals surface area contributed by atoms with Gasteiger partial charge in [-0.3, -0.25) is 14.9 Å². The van der Waals surface area contributed by atoms with Crippen LogP contribution in [0.3, 0.4) is 0 Å².